The van der Waals surface area contributed by atoms with Crippen LogP contribution in [0.4, 0.5) is 19.0 Å². The molecule has 0 unspecified atom stereocenters. The van der Waals surface area contributed by atoms with Crippen LogP contribution in [0.3, 0.4) is 0 Å². The molecule has 1 amide bonds. The summed E-state index contributed by atoms with van der Waals surface area (Å²) in [6.07, 6.45) is 1.33. The number of aromatic nitrogens is 4. The number of pyridine rings is 1. The third kappa shape index (κ3) is 3.88. The maximum absolute atomic E-state index is 13.0. The number of nitrogens with one attached hydrogen (secondary N) is 3. The van der Waals surface area contributed by atoms with Crippen molar-refractivity contribution >= 4 is 28.3 Å². The smallest absolute Gasteiger partial charge is 0.368 e. The summed E-state index contributed by atoms with van der Waals surface area (Å²) >= 11 is 0. The number of para-hydroxylation sites is 1. The van der Waals surface area contributed by atoms with Gasteiger partial charge in [-0.15, -0.1) is 0 Å². The van der Waals surface area contributed by atoms with Crippen molar-refractivity contribution in [1.82, 2.24) is 24.9 Å². The monoisotopic (exact) mass is 442 g/mol. The number of carbonyl (C=O) groups excluding carboxylic acids is 1. The Labute approximate surface area is 181 Å². The Morgan fingerprint density at radius 3 is 2.59 bits per heavy atom. The molecule has 1 fully saturated rings. The Morgan fingerprint density at radius 2 is 1.81 bits per heavy atom. The number of imidazole rings is 1. The number of fused-ring (bicyclic) bond motifs is 2. The number of anilines is 1. The highest BCUT2D eigenvalue weighted by Gasteiger charge is 2.34. The molecular weight excluding hydrogens is 421 g/mol. The number of aromatic amines is 1. The number of rotatable bonds is 4. The lowest BCUT2D eigenvalue weighted by Crippen LogP contribution is -2.40. The molecule has 0 spiro atoms. The minimum atomic E-state index is -4.49. The number of hydrogen-bond acceptors (Lipinski definition) is 4. The highest BCUT2D eigenvalue weighted by Crippen LogP contribution is 2.30. The van der Waals surface area contributed by atoms with E-state index in [2.05, 4.69) is 25.8 Å². The van der Waals surface area contributed by atoms with Gasteiger partial charge >= 0.3 is 6.18 Å². The number of alkyl halides is 3. The molecular formula is C22H21F3N6O. The van der Waals surface area contributed by atoms with Crippen molar-refractivity contribution in [2.75, 3.05) is 5.32 Å². The molecule has 4 aromatic rings. The van der Waals surface area contributed by atoms with Gasteiger partial charge in [-0.3, -0.25) is 14.3 Å². The number of nitrogens with zero attached hydrogens (tertiary/aromatic N) is 3. The van der Waals surface area contributed by atoms with Gasteiger partial charge in [-0.25, -0.2) is 4.98 Å². The maximum atomic E-state index is 13.0. The number of amides is 1. The number of hydrogen-bond donors (Lipinski definition) is 3. The Morgan fingerprint density at radius 1 is 1.06 bits per heavy atom. The molecule has 7 nitrogen and oxygen atoms in total. The predicted octanol–water partition coefficient (Wildman–Crippen LogP) is 4.38. The molecule has 3 N–H and O–H groups in total. The summed E-state index contributed by atoms with van der Waals surface area (Å²) in [5.41, 5.74) is 0.612. The van der Waals surface area contributed by atoms with Crippen LogP contribution in [0.15, 0.2) is 48.8 Å². The second-order valence-corrected chi connectivity index (χ2v) is 8.07. The molecule has 166 valence electrons. The van der Waals surface area contributed by atoms with Crippen LogP contribution in [0.2, 0.25) is 0 Å². The summed E-state index contributed by atoms with van der Waals surface area (Å²) in [4.78, 5) is 16.4. The number of carbonyl (C=O) groups is 1. The number of H-pyrrole nitrogens is 1. The summed E-state index contributed by atoms with van der Waals surface area (Å²) in [6.45, 7) is 0. The van der Waals surface area contributed by atoms with Crippen LogP contribution in [0.5, 0.6) is 0 Å². The Balaban J connectivity index is 1.22. The molecule has 0 radical (unpaired) electrons. The first kappa shape index (κ1) is 20.3. The van der Waals surface area contributed by atoms with Gasteiger partial charge in [0.25, 0.3) is 5.91 Å². The van der Waals surface area contributed by atoms with Crippen LogP contribution in [0, 0.1) is 0 Å². The average molecular weight is 442 g/mol. The van der Waals surface area contributed by atoms with Gasteiger partial charge in [0.05, 0.1) is 17.3 Å². The van der Waals surface area contributed by atoms with Crippen LogP contribution >= 0.6 is 0 Å². The summed E-state index contributed by atoms with van der Waals surface area (Å²) in [5.74, 6) is 0.433. The second-order valence-electron chi connectivity index (χ2n) is 8.07. The average Bonchev–Trinajstić information content (AvgIpc) is 3.42. The molecule has 0 aliphatic heterocycles. The summed E-state index contributed by atoms with van der Waals surface area (Å²) in [6, 6.07) is 10.6. The number of benzene rings is 1. The lowest BCUT2D eigenvalue weighted by Gasteiger charge is -2.30. The molecule has 0 bridgehead atoms. The molecule has 3 aromatic heterocycles. The van der Waals surface area contributed by atoms with Gasteiger partial charge in [0.15, 0.2) is 5.69 Å². The van der Waals surface area contributed by atoms with E-state index >= 15 is 0 Å². The van der Waals surface area contributed by atoms with Crippen molar-refractivity contribution in [3.05, 3.63) is 60.0 Å². The fourth-order valence-electron chi connectivity index (χ4n) is 4.28. The standard InChI is InChI=1S/C22H21F3N6O/c23-22(24,25)17-12-31-18(5-2-6-19(31)29-17)27-14-7-9-15(10-8-14)28-21(32)16-4-1-3-13-11-26-30-20(13)16/h1-6,11-12,14-15,27H,7-10H2,(H,26,30)(H,28,32). The Hall–Kier alpha value is -3.56. The van der Waals surface area contributed by atoms with E-state index in [0.29, 0.717) is 16.9 Å². The van der Waals surface area contributed by atoms with E-state index < -0.39 is 11.9 Å². The van der Waals surface area contributed by atoms with Gasteiger partial charge < -0.3 is 10.6 Å². The van der Waals surface area contributed by atoms with Crippen molar-refractivity contribution in [3.8, 4) is 0 Å². The van der Waals surface area contributed by atoms with Crippen molar-refractivity contribution in [1.29, 1.82) is 0 Å². The molecule has 5 rings (SSSR count). The van der Waals surface area contributed by atoms with E-state index in [4.69, 9.17) is 0 Å². The fraction of sp³-hybridized carbons (Fsp3) is 0.318. The Bertz CT molecular complexity index is 1270. The van der Waals surface area contributed by atoms with Gasteiger partial charge in [-0.05, 0) is 43.9 Å². The van der Waals surface area contributed by atoms with Crippen LogP contribution < -0.4 is 10.6 Å². The van der Waals surface area contributed by atoms with E-state index in [9.17, 15) is 18.0 Å². The lowest BCUT2D eigenvalue weighted by atomic mass is 9.91. The van der Waals surface area contributed by atoms with Gasteiger partial charge in [0, 0.05) is 23.7 Å². The van der Waals surface area contributed by atoms with E-state index in [-0.39, 0.29) is 23.6 Å². The Kier molecular flexibility index (Phi) is 4.99. The topological polar surface area (TPSA) is 87.1 Å². The molecule has 3 heterocycles. The molecule has 32 heavy (non-hydrogen) atoms. The molecule has 1 saturated carbocycles. The zero-order valence-corrected chi connectivity index (χ0v) is 17.0. The summed E-state index contributed by atoms with van der Waals surface area (Å²) in [5, 5.41) is 14.2. The quantitative estimate of drug-likeness (QED) is 0.438. The second kappa shape index (κ2) is 7.85. The van der Waals surface area contributed by atoms with Crippen molar-refractivity contribution in [3.63, 3.8) is 0 Å². The first-order valence-corrected chi connectivity index (χ1v) is 10.4. The van der Waals surface area contributed by atoms with Gasteiger partial charge in [0.2, 0.25) is 0 Å². The molecule has 0 saturated heterocycles. The molecule has 1 aromatic carbocycles. The summed E-state index contributed by atoms with van der Waals surface area (Å²) < 4.78 is 40.5. The SMILES string of the molecule is O=C(NC1CCC(Nc2cccc3nc(C(F)(F)F)cn23)CC1)c1cccc2cn[nH]c12. The zero-order chi connectivity index (χ0) is 22.3. The van der Waals surface area contributed by atoms with E-state index in [1.807, 2.05) is 12.1 Å². The van der Waals surface area contributed by atoms with Gasteiger partial charge in [0.1, 0.15) is 11.5 Å². The van der Waals surface area contributed by atoms with Gasteiger partial charge in [-0.1, -0.05) is 18.2 Å². The first-order valence-electron chi connectivity index (χ1n) is 10.4. The zero-order valence-electron chi connectivity index (χ0n) is 17.0. The molecule has 1 aliphatic rings. The third-order valence-electron chi connectivity index (χ3n) is 5.92. The summed E-state index contributed by atoms with van der Waals surface area (Å²) in [7, 11) is 0. The third-order valence-corrected chi connectivity index (χ3v) is 5.92. The molecule has 10 heteroatoms. The van der Waals surface area contributed by atoms with E-state index in [1.54, 1.807) is 30.5 Å². The van der Waals surface area contributed by atoms with E-state index in [0.717, 1.165) is 37.3 Å². The van der Waals surface area contributed by atoms with Crippen LogP contribution in [0.1, 0.15) is 41.7 Å². The van der Waals surface area contributed by atoms with E-state index in [1.165, 1.54) is 4.40 Å². The van der Waals surface area contributed by atoms with Crippen molar-refractivity contribution in [2.45, 2.75) is 43.9 Å². The molecule has 0 atom stereocenters. The largest absolute Gasteiger partial charge is 0.434 e. The highest BCUT2D eigenvalue weighted by atomic mass is 19.4. The van der Waals surface area contributed by atoms with Crippen LogP contribution in [-0.4, -0.2) is 37.6 Å². The van der Waals surface area contributed by atoms with Crippen LogP contribution in [-0.2, 0) is 6.18 Å². The minimum absolute atomic E-state index is 0.0413. The lowest BCUT2D eigenvalue weighted by molar-refractivity contribution is -0.140. The highest BCUT2D eigenvalue weighted by molar-refractivity contribution is 6.05. The minimum Gasteiger partial charge on any atom is -0.368 e. The van der Waals surface area contributed by atoms with Crippen molar-refractivity contribution in [2.24, 2.45) is 0 Å². The maximum Gasteiger partial charge on any atom is 0.434 e. The van der Waals surface area contributed by atoms with Crippen LogP contribution in [0.25, 0.3) is 16.6 Å². The number of halogens is 3. The molecule has 1 aliphatic carbocycles. The van der Waals surface area contributed by atoms with Crippen molar-refractivity contribution < 1.29 is 18.0 Å². The normalized spacial score (nSPS) is 19.3. The van der Waals surface area contributed by atoms with Gasteiger partial charge in [-0.2, -0.15) is 18.3 Å². The first-order chi connectivity index (χ1) is 15.4. The predicted molar refractivity (Wildman–Crippen MR) is 113 cm³/mol. The fourth-order valence-corrected chi connectivity index (χ4v) is 4.28.